The van der Waals surface area contributed by atoms with Gasteiger partial charge < -0.3 is 9.84 Å². The number of hydrogen-bond donors (Lipinski definition) is 1. The molecule has 0 amide bonds. The summed E-state index contributed by atoms with van der Waals surface area (Å²) in [5.41, 5.74) is 1.57. The summed E-state index contributed by atoms with van der Waals surface area (Å²) in [5.74, 6) is -0.308. The van der Waals surface area contributed by atoms with Crippen molar-refractivity contribution in [2.75, 3.05) is 0 Å². The molecule has 0 saturated carbocycles. The van der Waals surface area contributed by atoms with Gasteiger partial charge in [-0.15, -0.1) is 0 Å². The zero-order valence-electron chi connectivity index (χ0n) is 10.5. The van der Waals surface area contributed by atoms with Gasteiger partial charge >= 0.3 is 5.97 Å². The van der Waals surface area contributed by atoms with E-state index in [1.54, 1.807) is 24.3 Å². The minimum Gasteiger partial charge on any atom is -0.489 e. The van der Waals surface area contributed by atoms with Crippen molar-refractivity contribution in [3.8, 4) is 5.75 Å². The molecule has 0 bridgehead atoms. The number of halogens is 2. The molecule has 2 aromatic carbocycles. The number of para-hydroxylation sites is 1. The second-order valence-corrected chi connectivity index (χ2v) is 5.60. The van der Waals surface area contributed by atoms with E-state index in [-0.39, 0.29) is 6.42 Å². The first-order valence-corrected chi connectivity index (χ1v) is 7.09. The molecule has 0 aliphatic heterocycles. The average molecular weight is 356 g/mol. The summed E-state index contributed by atoms with van der Waals surface area (Å²) in [5, 5.41) is 9.49. The first-order chi connectivity index (χ1) is 9.54. The van der Waals surface area contributed by atoms with Gasteiger partial charge in [0.05, 0.1) is 6.42 Å². The SMILES string of the molecule is O=C(O)Cc1ccccc1OCc1cc(Cl)cc(Br)c1. The molecular formula is C15H12BrClO3. The number of ether oxygens (including phenoxy) is 1. The van der Waals surface area contributed by atoms with Crippen LogP contribution in [0.15, 0.2) is 46.9 Å². The first kappa shape index (κ1) is 14.9. The minimum absolute atomic E-state index is 0.0601. The van der Waals surface area contributed by atoms with E-state index < -0.39 is 5.97 Å². The van der Waals surface area contributed by atoms with Gasteiger partial charge in [0.15, 0.2) is 0 Å². The Morgan fingerprint density at radius 3 is 2.70 bits per heavy atom. The quantitative estimate of drug-likeness (QED) is 0.869. The second kappa shape index (κ2) is 6.77. The van der Waals surface area contributed by atoms with E-state index >= 15 is 0 Å². The Kier molecular flexibility index (Phi) is 5.04. The zero-order chi connectivity index (χ0) is 14.5. The monoisotopic (exact) mass is 354 g/mol. The Bertz CT molecular complexity index is 608. The van der Waals surface area contributed by atoms with Crippen LogP contribution in [0.4, 0.5) is 0 Å². The van der Waals surface area contributed by atoms with Crippen LogP contribution in [0.25, 0.3) is 0 Å². The molecule has 2 aromatic rings. The Labute approximate surface area is 130 Å². The molecule has 0 fully saturated rings. The standard InChI is InChI=1S/C15H12BrClO3/c16-12-5-10(6-13(17)8-12)9-20-14-4-2-1-3-11(14)7-15(18)19/h1-6,8H,7,9H2,(H,18,19). The smallest absolute Gasteiger partial charge is 0.307 e. The molecule has 0 aliphatic carbocycles. The maximum Gasteiger partial charge on any atom is 0.307 e. The van der Waals surface area contributed by atoms with Crippen molar-refractivity contribution in [3.63, 3.8) is 0 Å². The Hall–Kier alpha value is -1.52. The molecule has 2 rings (SSSR count). The highest BCUT2D eigenvalue weighted by molar-refractivity contribution is 9.10. The molecule has 0 spiro atoms. The first-order valence-electron chi connectivity index (χ1n) is 5.92. The van der Waals surface area contributed by atoms with Crippen LogP contribution in [0.3, 0.4) is 0 Å². The van der Waals surface area contributed by atoms with Crippen LogP contribution in [0, 0.1) is 0 Å². The van der Waals surface area contributed by atoms with Crippen molar-refractivity contribution in [2.24, 2.45) is 0 Å². The molecule has 0 heterocycles. The lowest BCUT2D eigenvalue weighted by Gasteiger charge is -2.10. The number of hydrogen-bond acceptors (Lipinski definition) is 2. The van der Waals surface area contributed by atoms with E-state index in [1.807, 2.05) is 18.2 Å². The molecule has 0 atom stereocenters. The van der Waals surface area contributed by atoms with Gasteiger partial charge in [0.1, 0.15) is 12.4 Å². The molecule has 0 saturated heterocycles. The average Bonchev–Trinajstić information content (AvgIpc) is 2.36. The fraction of sp³-hybridized carbons (Fsp3) is 0.133. The molecule has 20 heavy (non-hydrogen) atoms. The van der Waals surface area contributed by atoms with Gasteiger partial charge in [-0.2, -0.15) is 0 Å². The number of aliphatic carboxylic acids is 1. The molecule has 0 aromatic heterocycles. The molecule has 0 aliphatic rings. The summed E-state index contributed by atoms with van der Waals surface area (Å²) in [6, 6.07) is 12.6. The van der Waals surface area contributed by atoms with Crippen LogP contribution < -0.4 is 4.74 Å². The van der Waals surface area contributed by atoms with Crippen LogP contribution in [-0.4, -0.2) is 11.1 Å². The Morgan fingerprint density at radius 2 is 2.00 bits per heavy atom. The van der Waals surface area contributed by atoms with Crippen molar-refractivity contribution < 1.29 is 14.6 Å². The number of benzene rings is 2. The second-order valence-electron chi connectivity index (χ2n) is 4.24. The van der Waals surface area contributed by atoms with Gasteiger partial charge in [0.25, 0.3) is 0 Å². The Balaban J connectivity index is 2.12. The highest BCUT2D eigenvalue weighted by Gasteiger charge is 2.08. The number of carboxylic acid groups (broad SMARTS) is 1. The van der Waals surface area contributed by atoms with Crippen molar-refractivity contribution >= 4 is 33.5 Å². The van der Waals surface area contributed by atoms with Gasteiger partial charge in [0.2, 0.25) is 0 Å². The van der Waals surface area contributed by atoms with E-state index in [0.29, 0.717) is 22.9 Å². The molecule has 104 valence electrons. The summed E-state index contributed by atoms with van der Waals surface area (Å²) in [7, 11) is 0. The van der Waals surface area contributed by atoms with Crippen LogP contribution in [0.2, 0.25) is 5.02 Å². The fourth-order valence-electron chi connectivity index (χ4n) is 1.81. The number of carboxylic acids is 1. The molecule has 0 unspecified atom stereocenters. The maximum atomic E-state index is 10.8. The number of carbonyl (C=O) groups is 1. The molecule has 5 heteroatoms. The van der Waals surface area contributed by atoms with Gasteiger partial charge in [-0.1, -0.05) is 45.7 Å². The minimum atomic E-state index is -0.883. The van der Waals surface area contributed by atoms with Crippen molar-refractivity contribution in [1.29, 1.82) is 0 Å². The summed E-state index contributed by atoms with van der Waals surface area (Å²) in [6.07, 6.45) is -0.0601. The third kappa shape index (κ3) is 4.25. The normalized spacial score (nSPS) is 10.3. The van der Waals surface area contributed by atoms with Crippen LogP contribution in [0.1, 0.15) is 11.1 Å². The molecule has 3 nitrogen and oxygen atoms in total. The lowest BCUT2D eigenvalue weighted by Crippen LogP contribution is -2.04. The topological polar surface area (TPSA) is 46.5 Å². The van der Waals surface area contributed by atoms with Gasteiger partial charge in [-0.05, 0) is 29.8 Å². The van der Waals surface area contributed by atoms with Crippen molar-refractivity contribution in [1.82, 2.24) is 0 Å². The van der Waals surface area contributed by atoms with Gasteiger partial charge in [-0.3, -0.25) is 4.79 Å². The van der Waals surface area contributed by atoms with Gasteiger partial charge in [-0.25, -0.2) is 0 Å². The summed E-state index contributed by atoms with van der Waals surface area (Å²) >= 11 is 9.34. The Morgan fingerprint density at radius 1 is 1.25 bits per heavy atom. The van der Waals surface area contributed by atoms with Crippen molar-refractivity contribution in [2.45, 2.75) is 13.0 Å². The summed E-state index contributed by atoms with van der Waals surface area (Å²) in [4.78, 5) is 10.8. The van der Waals surface area contributed by atoms with E-state index in [9.17, 15) is 4.79 Å². The van der Waals surface area contributed by atoms with E-state index in [4.69, 9.17) is 21.4 Å². The summed E-state index contributed by atoms with van der Waals surface area (Å²) in [6.45, 7) is 0.329. The molecule has 1 N–H and O–H groups in total. The van der Waals surface area contributed by atoms with Crippen LogP contribution in [0.5, 0.6) is 5.75 Å². The highest BCUT2D eigenvalue weighted by Crippen LogP contribution is 2.23. The van der Waals surface area contributed by atoms with E-state index in [0.717, 1.165) is 10.0 Å². The lowest BCUT2D eigenvalue weighted by atomic mass is 10.1. The predicted octanol–water partition coefficient (Wildman–Crippen LogP) is 4.31. The fourth-order valence-corrected chi connectivity index (χ4v) is 2.74. The van der Waals surface area contributed by atoms with Crippen molar-refractivity contribution in [3.05, 3.63) is 63.1 Å². The molecular weight excluding hydrogens is 344 g/mol. The maximum absolute atomic E-state index is 10.8. The van der Waals surface area contributed by atoms with Gasteiger partial charge in [0, 0.05) is 15.1 Å². The van der Waals surface area contributed by atoms with Crippen LogP contribution >= 0.6 is 27.5 Å². The lowest BCUT2D eigenvalue weighted by molar-refractivity contribution is -0.136. The van der Waals surface area contributed by atoms with Crippen LogP contribution in [-0.2, 0) is 17.8 Å². The third-order valence-corrected chi connectivity index (χ3v) is 3.31. The van der Waals surface area contributed by atoms with E-state index in [1.165, 1.54) is 0 Å². The summed E-state index contributed by atoms with van der Waals surface area (Å²) < 4.78 is 6.57. The largest absolute Gasteiger partial charge is 0.489 e. The zero-order valence-corrected chi connectivity index (χ0v) is 12.8. The molecule has 0 radical (unpaired) electrons. The predicted molar refractivity (Wildman–Crippen MR) is 81.3 cm³/mol. The van der Waals surface area contributed by atoms with E-state index in [2.05, 4.69) is 15.9 Å². The number of rotatable bonds is 5. The third-order valence-electron chi connectivity index (χ3n) is 2.63. The highest BCUT2D eigenvalue weighted by atomic mass is 79.9.